The lowest BCUT2D eigenvalue weighted by Gasteiger charge is -2.28. The summed E-state index contributed by atoms with van der Waals surface area (Å²) < 4.78 is 17.5. The lowest BCUT2D eigenvalue weighted by molar-refractivity contribution is -0.386. The van der Waals surface area contributed by atoms with Crippen molar-refractivity contribution in [3.63, 3.8) is 0 Å². The first-order valence-electron chi connectivity index (χ1n) is 7.68. The third kappa shape index (κ3) is 4.29. The van der Waals surface area contributed by atoms with Crippen molar-refractivity contribution in [1.82, 2.24) is 5.43 Å². The summed E-state index contributed by atoms with van der Waals surface area (Å²) in [6.45, 7) is -0.217. The van der Waals surface area contributed by atoms with Crippen LogP contribution in [0.3, 0.4) is 0 Å². The van der Waals surface area contributed by atoms with E-state index in [0.29, 0.717) is 10.7 Å². The van der Waals surface area contributed by atoms with Crippen molar-refractivity contribution in [2.24, 2.45) is 0 Å². The molecule has 1 aliphatic rings. The van der Waals surface area contributed by atoms with Crippen molar-refractivity contribution in [2.45, 2.75) is 12.8 Å². The molecule has 0 spiro atoms. The first-order chi connectivity index (χ1) is 12.8. The van der Waals surface area contributed by atoms with Gasteiger partial charge < -0.3 is 19.9 Å². The third-order valence-electron chi connectivity index (χ3n) is 3.87. The number of hydrogen-bond acceptors (Lipinski definition) is 6. The second-order valence-electron chi connectivity index (χ2n) is 5.64. The minimum absolute atomic E-state index is 0.136. The second kappa shape index (κ2) is 7.67. The van der Waals surface area contributed by atoms with Crippen LogP contribution in [-0.2, 0) is 15.9 Å². The van der Waals surface area contributed by atoms with Crippen LogP contribution in [0.25, 0.3) is 0 Å². The number of hydrazine groups is 1. The molecule has 0 saturated carbocycles. The first kappa shape index (κ1) is 19.3. The molecule has 1 aliphatic heterocycles. The van der Waals surface area contributed by atoms with E-state index in [9.17, 15) is 24.5 Å². The van der Waals surface area contributed by atoms with E-state index in [1.165, 1.54) is 29.4 Å². The largest absolute Gasteiger partial charge is 0.358 e. The Morgan fingerprint density at radius 2 is 1.89 bits per heavy atom. The highest BCUT2D eigenvalue weighted by molar-refractivity contribution is 7.56. The summed E-state index contributed by atoms with van der Waals surface area (Å²) in [5.74, 6) is 0. The summed E-state index contributed by atoms with van der Waals surface area (Å²) in [5.41, 5.74) is 3.45. The molecular weight excluding hydrogens is 397 g/mol. The lowest BCUT2D eigenvalue weighted by Crippen LogP contribution is -2.40. The highest BCUT2D eigenvalue weighted by Crippen LogP contribution is 2.50. The SMILES string of the molecule is O=[N+]([O-])c1ccccc1COC1C(P(=O)(O)O)=CNN1c1ccc(Cl)cc1. The highest BCUT2D eigenvalue weighted by Gasteiger charge is 2.39. The molecule has 0 aromatic heterocycles. The van der Waals surface area contributed by atoms with E-state index in [1.54, 1.807) is 30.3 Å². The Kier molecular flexibility index (Phi) is 5.50. The topological polar surface area (TPSA) is 125 Å². The second-order valence-corrected chi connectivity index (χ2v) is 7.68. The Hall–Kier alpha value is -2.42. The number of nitro benzene ring substituents is 1. The molecule has 142 valence electrons. The Bertz CT molecular complexity index is 930. The predicted octanol–water partition coefficient (Wildman–Crippen LogP) is 3.13. The summed E-state index contributed by atoms with van der Waals surface area (Å²) in [6.07, 6.45) is 0.00578. The van der Waals surface area contributed by atoms with Gasteiger partial charge in [-0.1, -0.05) is 23.7 Å². The van der Waals surface area contributed by atoms with Crippen LogP contribution in [0.15, 0.2) is 60.0 Å². The summed E-state index contributed by atoms with van der Waals surface area (Å²) >= 11 is 5.87. The van der Waals surface area contributed by atoms with E-state index in [0.717, 1.165) is 0 Å². The highest BCUT2D eigenvalue weighted by atomic mass is 35.5. The Balaban J connectivity index is 1.88. The quantitative estimate of drug-likeness (QED) is 0.376. The minimum Gasteiger partial charge on any atom is -0.347 e. The maximum Gasteiger partial charge on any atom is 0.358 e. The molecule has 1 heterocycles. The van der Waals surface area contributed by atoms with E-state index >= 15 is 0 Å². The zero-order valence-corrected chi connectivity index (χ0v) is 15.4. The van der Waals surface area contributed by atoms with E-state index in [4.69, 9.17) is 16.3 Å². The number of nitro groups is 1. The van der Waals surface area contributed by atoms with Gasteiger partial charge in [0.1, 0.15) is 5.31 Å². The number of para-hydroxylation sites is 1. The van der Waals surface area contributed by atoms with Crippen molar-refractivity contribution < 1.29 is 24.0 Å². The first-order valence-corrected chi connectivity index (χ1v) is 9.67. The predicted molar refractivity (Wildman–Crippen MR) is 98.9 cm³/mol. The van der Waals surface area contributed by atoms with Gasteiger partial charge in [0.15, 0.2) is 6.23 Å². The number of rotatable bonds is 6. The Labute approximate surface area is 159 Å². The Morgan fingerprint density at radius 1 is 1.22 bits per heavy atom. The molecule has 11 heteroatoms. The van der Waals surface area contributed by atoms with Crippen LogP contribution in [0.2, 0.25) is 5.02 Å². The molecule has 2 aromatic carbocycles. The van der Waals surface area contributed by atoms with Crippen molar-refractivity contribution >= 4 is 30.6 Å². The summed E-state index contributed by atoms with van der Waals surface area (Å²) in [4.78, 5) is 29.8. The molecule has 9 nitrogen and oxygen atoms in total. The lowest BCUT2D eigenvalue weighted by atomic mass is 10.2. The molecule has 3 rings (SSSR count). The number of benzene rings is 2. The van der Waals surface area contributed by atoms with Gasteiger partial charge in [0.05, 0.1) is 22.8 Å². The molecule has 0 saturated heterocycles. The maximum absolute atomic E-state index is 11.8. The van der Waals surface area contributed by atoms with Crippen LogP contribution >= 0.6 is 19.2 Å². The van der Waals surface area contributed by atoms with E-state index < -0.39 is 18.7 Å². The van der Waals surface area contributed by atoms with Gasteiger partial charge in [0, 0.05) is 17.3 Å². The smallest absolute Gasteiger partial charge is 0.347 e. The number of ether oxygens (including phenoxy) is 1. The van der Waals surface area contributed by atoms with Crippen molar-refractivity contribution in [3.8, 4) is 0 Å². The number of halogens is 1. The van der Waals surface area contributed by atoms with Crippen molar-refractivity contribution in [1.29, 1.82) is 0 Å². The fourth-order valence-corrected chi connectivity index (χ4v) is 3.42. The number of nitrogens with zero attached hydrogens (tertiary/aromatic N) is 2. The van der Waals surface area contributed by atoms with Gasteiger partial charge in [0.2, 0.25) is 0 Å². The van der Waals surface area contributed by atoms with Crippen LogP contribution in [-0.4, -0.2) is 20.9 Å². The molecule has 3 N–H and O–H groups in total. The number of hydrogen-bond donors (Lipinski definition) is 3. The monoisotopic (exact) mass is 411 g/mol. The molecule has 0 bridgehead atoms. The molecule has 27 heavy (non-hydrogen) atoms. The van der Waals surface area contributed by atoms with Crippen molar-refractivity contribution in [2.75, 3.05) is 5.01 Å². The Morgan fingerprint density at radius 3 is 2.52 bits per heavy atom. The van der Waals surface area contributed by atoms with Crippen LogP contribution in [0, 0.1) is 10.1 Å². The standard InChI is InChI=1S/C16H15ClN3O6P/c17-12-5-7-13(8-6-12)19-16(15(9-18-19)27(23,24)25)26-10-11-3-1-2-4-14(11)20(21)22/h1-9,16,18H,10H2,(H2,23,24,25). The molecule has 1 atom stereocenters. The fraction of sp³-hybridized carbons (Fsp3) is 0.125. The van der Waals surface area contributed by atoms with Gasteiger partial charge >= 0.3 is 7.60 Å². The van der Waals surface area contributed by atoms with E-state index in [-0.39, 0.29) is 23.2 Å². The van der Waals surface area contributed by atoms with Gasteiger partial charge in [0.25, 0.3) is 5.69 Å². The van der Waals surface area contributed by atoms with Gasteiger partial charge in [-0.15, -0.1) is 0 Å². The van der Waals surface area contributed by atoms with Gasteiger partial charge in [-0.25, -0.2) is 0 Å². The summed E-state index contributed by atoms with van der Waals surface area (Å²) in [5, 5.41) is 12.8. The van der Waals surface area contributed by atoms with Gasteiger partial charge in [-0.3, -0.25) is 19.7 Å². The average molecular weight is 412 g/mol. The van der Waals surface area contributed by atoms with Crippen LogP contribution < -0.4 is 10.4 Å². The minimum atomic E-state index is -4.62. The summed E-state index contributed by atoms with van der Waals surface area (Å²) in [7, 11) is -4.62. The zero-order chi connectivity index (χ0) is 19.6. The van der Waals surface area contributed by atoms with Gasteiger partial charge in [-0.2, -0.15) is 0 Å². The molecule has 0 fully saturated rings. The zero-order valence-electron chi connectivity index (χ0n) is 13.7. The van der Waals surface area contributed by atoms with E-state index in [2.05, 4.69) is 5.43 Å². The average Bonchev–Trinajstić information content (AvgIpc) is 3.05. The van der Waals surface area contributed by atoms with Crippen LogP contribution in [0.5, 0.6) is 0 Å². The maximum atomic E-state index is 11.8. The van der Waals surface area contributed by atoms with Crippen molar-refractivity contribution in [3.05, 3.63) is 80.7 Å². The van der Waals surface area contributed by atoms with Crippen LogP contribution in [0.1, 0.15) is 5.56 Å². The van der Waals surface area contributed by atoms with Crippen LogP contribution in [0.4, 0.5) is 11.4 Å². The molecule has 1 unspecified atom stereocenters. The number of nitrogens with one attached hydrogen (secondary N) is 1. The molecular formula is C16H15ClN3O6P. The molecule has 0 radical (unpaired) electrons. The molecule has 0 amide bonds. The number of anilines is 1. The summed E-state index contributed by atoms with van der Waals surface area (Å²) in [6, 6.07) is 12.5. The van der Waals surface area contributed by atoms with Gasteiger partial charge in [-0.05, 0) is 30.3 Å². The fourth-order valence-electron chi connectivity index (χ4n) is 2.59. The third-order valence-corrected chi connectivity index (χ3v) is 5.14. The molecule has 2 aromatic rings. The van der Waals surface area contributed by atoms with E-state index in [1.807, 2.05) is 0 Å². The normalized spacial score (nSPS) is 16.8. The molecule has 0 aliphatic carbocycles.